The summed E-state index contributed by atoms with van der Waals surface area (Å²) in [6, 6.07) is 18.2. The molecule has 0 amide bonds. The molecule has 34 heavy (non-hydrogen) atoms. The van der Waals surface area contributed by atoms with Gasteiger partial charge in [0, 0.05) is 18.2 Å². The SMILES string of the molecule is CCOCCOC(=O)C=C[C@H]1[C@@H](C(=O)O[C@H](C#N)c2cccc(Oc3ccccc3)c2)C1(C)C. The van der Waals surface area contributed by atoms with Gasteiger partial charge in [-0.15, -0.1) is 0 Å². The normalized spacial score (nSPS) is 19.1. The van der Waals surface area contributed by atoms with Crippen LogP contribution in [0.25, 0.3) is 0 Å². The molecule has 0 radical (unpaired) electrons. The van der Waals surface area contributed by atoms with Crippen molar-refractivity contribution in [2.75, 3.05) is 19.8 Å². The number of carbonyl (C=O) groups is 2. The molecular formula is C27H29NO6. The lowest BCUT2D eigenvalue weighted by Gasteiger charge is -2.13. The van der Waals surface area contributed by atoms with Crippen molar-refractivity contribution in [2.24, 2.45) is 17.3 Å². The summed E-state index contributed by atoms with van der Waals surface area (Å²) in [5.74, 6) is -0.414. The average Bonchev–Trinajstić information content (AvgIpc) is 3.39. The van der Waals surface area contributed by atoms with Crippen LogP contribution in [0.5, 0.6) is 11.5 Å². The highest BCUT2D eigenvalue weighted by molar-refractivity contribution is 5.83. The van der Waals surface area contributed by atoms with Gasteiger partial charge < -0.3 is 18.9 Å². The zero-order valence-electron chi connectivity index (χ0n) is 19.6. The van der Waals surface area contributed by atoms with E-state index in [1.54, 1.807) is 30.3 Å². The predicted octanol–water partition coefficient (Wildman–Crippen LogP) is 4.99. The Morgan fingerprint density at radius 2 is 1.82 bits per heavy atom. The van der Waals surface area contributed by atoms with Crippen LogP contribution >= 0.6 is 0 Å². The molecule has 2 aromatic rings. The highest BCUT2D eigenvalue weighted by Crippen LogP contribution is 2.59. The molecule has 0 saturated heterocycles. The Labute approximate surface area is 199 Å². The molecule has 0 bridgehead atoms. The van der Waals surface area contributed by atoms with Crippen molar-refractivity contribution in [3.8, 4) is 17.6 Å². The first-order valence-corrected chi connectivity index (χ1v) is 11.2. The molecule has 3 rings (SSSR count). The van der Waals surface area contributed by atoms with E-state index < -0.39 is 29.4 Å². The van der Waals surface area contributed by atoms with Crippen LogP contribution in [-0.4, -0.2) is 31.8 Å². The molecule has 0 aromatic heterocycles. The summed E-state index contributed by atoms with van der Waals surface area (Å²) in [5.41, 5.74) is 0.130. The molecule has 1 fully saturated rings. The molecule has 0 aliphatic heterocycles. The summed E-state index contributed by atoms with van der Waals surface area (Å²) in [6.07, 6.45) is 1.93. The third kappa shape index (κ3) is 6.46. The maximum atomic E-state index is 12.9. The molecule has 1 saturated carbocycles. The first-order chi connectivity index (χ1) is 16.4. The molecule has 0 spiro atoms. The standard InChI is InChI=1S/C27H29NO6/c1-4-31-15-16-32-24(29)14-13-22-25(27(22,2)3)26(30)34-23(18-28)19-9-8-12-21(17-19)33-20-10-6-5-7-11-20/h5-14,17,22-23,25H,4,15-16H2,1-3H3/t22-,23+,25-/m0/s1. The first-order valence-electron chi connectivity index (χ1n) is 11.2. The molecule has 7 heteroatoms. The molecule has 7 nitrogen and oxygen atoms in total. The van der Waals surface area contributed by atoms with Crippen molar-refractivity contribution < 1.29 is 28.5 Å². The number of carbonyl (C=O) groups excluding carboxylic acids is 2. The predicted molar refractivity (Wildman–Crippen MR) is 125 cm³/mol. The van der Waals surface area contributed by atoms with Crippen LogP contribution in [0.4, 0.5) is 0 Å². The number of allylic oxidation sites excluding steroid dienone is 1. The lowest BCUT2D eigenvalue weighted by Crippen LogP contribution is -2.14. The molecule has 1 aliphatic rings. The lowest BCUT2D eigenvalue weighted by molar-refractivity contribution is -0.149. The van der Waals surface area contributed by atoms with E-state index in [2.05, 4.69) is 0 Å². The van der Waals surface area contributed by atoms with Crippen molar-refractivity contribution in [3.63, 3.8) is 0 Å². The van der Waals surface area contributed by atoms with E-state index in [0.717, 1.165) is 0 Å². The van der Waals surface area contributed by atoms with E-state index >= 15 is 0 Å². The zero-order chi connectivity index (χ0) is 24.6. The minimum atomic E-state index is -1.07. The minimum Gasteiger partial charge on any atom is -0.460 e. The fraction of sp³-hybridized carbons (Fsp3) is 0.370. The van der Waals surface area contributed by atoms with Gasteiger partial charge in [-0.2, -0.15) is 5.26 Å². The number of nitrogens with zero attached hydrogens (tertiary/aromatic N) is 1. The van der Waals surface area contributed by atoms with E-state index in [9.17, 15) is 14.9 Å². The summed E-state index contributed by atoms with van der Waals surface area (Å²) in [4.78, 5) is 24.7. The van der Waals surface area contributed by atoms with E-state index in [1.165, 1.54) is 6.08 Å². The molecule has 0 heterocycles. The van der Waals surface area contributed by atoms with E-state index in [1.807, 2.05) is 57.2 Å². The van der Waals surface area contributed by atoms with Crippen molar-refractivity contribution in [3.05, 3.63) is 72.3 Å². The van der Waals surface area contributed by atoms with Crippen molar-refractivity contribution in [1.82, 2.24) is 0 Å². The summed E-state index contributed by atoms with van der Waals surface area (Å²) in [6.45, 7) is 6.78. The molecule has 178 valence electrons. The van der Waals surface area contributed by atoms with Gasteiger partial charge in [0.2, 0.25) is 6.10 Å². The van der Waals surface area contributed by atoms with E-state index in [-0.39, 0.29) is 12.5 Å². The minimum absolute atomic E-state index is 0.174. The Bertz CT molecular complexity index is 1060. The molecule has 3 atom stereocenters. The van der Waals surface area contributed by atoms with Crippen LogP contribution < -0.4 is 4.74 Å². The van der Waals surface area contributed by atoms with E-state index in [0.29, 0.717) is 30.3 Å². The average molecular weight is 464 g/mol. The number of rotatable bonds is 11. The van der Waals surface area contributed by atoms with Gasteiger partial charge in [-0.05, 0) is 42.5 Å². The van der Waals surface area contributed by atoms with Gasteiger partial charge in [-0.3, -0.25) is 4.79 Å². The van der Waals surface area contributed by atoms with Gasteiger partial charge in [-0.25, -0.2) is 4.79 Å². The Morgan fingerprint density at radius 1 is 1.09 bits per heavy atom. The molecule has 0 unspecified atom stereocenters. The number of para-hydroxylation sites is 1. The third-order valence-corrected chi connectivity index (χ3v) is 5.77. The first kappa shape index (κ1) is 25.0. The summed E-state index contributed by atoms with van der Waals surface area (Å²) in [5, 5.41) is 9.65. The molecule has 1 aliphatic carbocycles. The largest absolute Gasteiger partial charge is 0.460 e. The third-order valence-electron chi connectivity index (χ3n) is 5.77. The van der Waals surface area contributed by atoms with Gasteiger partial charge >= 0.3 is 11.9 Å². The Balaban J connectivity index is 1.59. The number of nitriles is 1. The fourth-order valence-corrected chi connectivity index (χ4v) is 3.79. The van der Waals surface area contributed by atoms with Gasteiger partial charge in [-0.1, -0.05) is 50.3 Å². The summed E-state index contributed by atoms with van der Waals surface area (Å²) in [7, 11) is 0. The van der Waals surface area contributed by atoms with Crippen molar-refractivity contribution >= 4 is 11.9 Å². The second-order valence-corrected chi connectivity index (χ2v) is 8.48. The molecule has 2 aromatic carbocycles. The van der Waals surface area contributed by atoms with E-state index in [4.69, 9.17) is 18.9 Å². The fourth-order valence-electron chi connectivity index (χ4n) is 3.79. The topological polar surface area (TPSA) is 94.9 Å². The number of ether oxygens (including phenoxy) is 4. The molecule has 0 N–H and O–H groups in total. The summed E-state index contributed by atoms with van der Waals surface area (Å²) >= 11 is 0. The van der Waals surface area contributed by atoms with Crippen molar-refractivity contribution in [2.45, 2.75) is 26.9 Å². The zero-order valence-corrected chi connectivity index (χ0v) is 19.6. The number of hydrogen-bond donors (Lipinski definition) is 0. The molecular weight excluding hydrogens is 434 g/mol. The monoisotopic (exact) mass is 463 g/mol. The maximum absolute atomic E-state index is 12.9. The smallest absolute Gasteiger partial charge is 0.330 e. The summed E-state index contributed by atoms with van der Waals surface area (Å²) < 4.78 is 21.6. The van der Waals surface area contributed by atoms with Crippen LogP contribution in [-0.2, 0) is 23.8 Å². The maximum Gasteiger partial charge on any atom is 0.330 e. The van der Waals surface area contributed by atoms with Crippen LogP contribution in [0.15, 0.2) is 66.7 Å². The van der Waals surface area contributed by atoms with Gasteiger partial charge in [0.25, 0.3) is 0 Å². The number of benzene rings is 2. The van der Waals surface area contributed by atoms with Crippen LogP contribution in [0.1, 0.15) is 32.4 Å². The van der Waals surface area contributed by atoms with Gasteiger partial charge in [0.05, 0.1) is 12.5 Å². The number of hydrogen-bond acceptors (Lipinski definition) is 7. The number of esters is 2. The second kappa shape index (κ2) is 11.5. The van der Waals surface area contributed by atoms with Crippen LogP contribution in [0.2, 0.25) is 0 Å². The Morgan fingerprint density at radius 3 is 2.53 bits per heavy atom. The second-order valence-electron chi connectivity index (χ2n) is 8.48. The highest BCUT2D eigenvalue weighted by Gasteiger charge is 2.61. The lowest BCUT2D eigenvalue weighted by atomic mass is 10.1. The van der Waals surface area contributed by atoms with Gasteiger partial charge in [0.1, 0.15) is 24.2 Å². The van der Waals surface area contributed by atoms with Crippen molar-refractivity contribution in [1.29, 1.82) is 5.26 Å². The van der Waals surface area contributed by atoms with Crippen LogP contribution in [0, 0.1) is 28.6 Å². The highest BCUT2D eigenvalue weighted by atomic mass is 16.6. The van der Waals surface area contributed by atoms with Crippen LogP contribution in [0.3, 0.4) is 0 Å². The quantitative estimate of drug-likeness (QED) is 0.263. The Kier molecular flexibility index (Phi) is 8.44. The Hall–Kier alpha value is -3.63. The van der Waals surface area contributed by atoms with Gasteiger partial charge in [0.15, 0.2) is 0 Å².